The zero-order chi connectivity index (χ0) is 31.0. The highest BCUT2D eigenvalue weighted by molar-refractivity contribution is 5.95. The second-order valence-electron chi connectivity index (χ2n) is 10.4. The number of hydrogen-bond donors (Lipinski definition) is 3. The number of anilines is 1. The van der Waals surface area contributed by atoms with Gasteiger partial charge in [-0.3, -0.25) is 29.4 Å². The van der Waals surface area contributed by atoms with Gasteiger partial charge in [-0.1, -0.05) is 25.0 Å². The van der Waals surface area contributed by atoms with Crippen LogP contribution >= 0.6 is 0 Å². The summed E-state index contributed by atoms with van der Waals surface area (Å²) < 4.78 is 40.3. The minimum atomic E-state index is -4.81. The van der Waals surface area contributed by atoms with Crippen LogP contribution in [0.25, 0.3) is 0 Å². The minimum Gasteiger partial charge on any atom is -0.480 e. The van der Waals surface area contributed by atoms with Crippen molar-refractivity contribution in [3.8, 4) is 0 Å². The van der Waals surface area contributed by atoms with E-state index in [1.807, 2.05) is 21.9 Å². The van der Waals surface area contributed by atoms with Gasteiger partial charge in [0.25, 0.3) is 0 Å². The van der Waals surface area contributed by atoms with Crippen LogP contribution in [-0.2, 0) is 28.9 Å². The van der Waals surface area contributed by atoms with Crippen LogP contribution < -0.4 is 5.32 Å². The van der Waals surface area contributed by atoms with Gasteiger partial charge in [-0.05, 0) is 55.3 Å². The van der Waals surface area contributed by atoms with E-state index in [-0.39, 0.29) is 44.0 Å². The van der Waals surface area contributed by atoms with Crippen LogP contribution in [0.2, 0.25) is 0 Å². The van der Waals surface area contributed by atoms with Gasteiger partial charge in [0.15, 0.2) is 0 Å². The lowest BCUT2D eigenvalue weighted by atomic mass is 9.87. The Balaban J connectivity index is 1.63. The van der Waals surface area contributed by atoms with Gasteiger partial charge in [0.2, 0.25) is 5.91 Å². The number of carbonyl (C=O) groups is 3. The first-order chi connectivity index (χ1) is 20.5. The summed E-state index contributed by atoms with van der Waals surface area (Å²) in [5.41, 5.74) is -0.749. The first kappa shape index (κ1) is 31.6. The van der Waals surface area contributed by atoms with Crippen molar-refractivity contribution in [3.05, 3.63) is 89.5 Å². The summed E-state index contributed by atoms with van der Waals surface area (Å²) in [5.74, 6) is -3.21. The van der Waals surface area contributed by atoms with Crippen molar-refractivity contribution in [2.75, 3.05) is 18.4 Å². The molecule has 1 amide bonds. The number of carboxylic acids is 2. The number of benzene rings is 1. The molecule has 2 heterocycles. The highest BCUT2D eigenvalue weighted by Crippen LogP contribution is 2.33. The summed E-state index contributed by atoms with van der Waals surface area (Å²) in [6.45, 7) is 0.00742. The molecule has 3 aromatic rings. The third kappa shape index (κ3) is 9.06. The number of aromatic nitrogens is 2. The number of alkyl halides is 3. The van der Waals surface area contributed by atoms with E-state index < -0.39 is 35.1 Å². The molecule has 10 nitrogen and oxygen atoms in total. The number of nitrogens with one attached hydrogen (secondary N) is 1. The molecule has 1 aromatic carbocycles. The standard InChI is InChI=1S/C30H32F3N5O5/c31-30(32,33)21-13-20(29(42)43)14-24(15-21)36-27(39)18-37(16-22-7-3-5-11-34-22)25-9-1-2-10-26(25)38(19-28(40)41)17-23-8-4-6-12-35-23/h3-8,11-15,25-26H,1-2,9-10,16-19H2,(H,36,39)(H,40,41)(H,42,43)/t25?,26-/m0/s1. The van der Waals surface area contributed by atoms with E-state index in [9.17, 15) is 37.8 Å². The fourth-order valence-electron chi connectivity index (χ4n) is 5.47. The molecule has 1 fully saturated rings. The predicted octanol–water partition coefficient (Wildman–Crippen LogP) is 4.53. The van der Waals surface area contributed by atoms with E-state index >= 15 is 0 Å². The Morgan fingerprint density at radius 3 is 1.86 bits per heavy atom. The third-order valence-corrected chi connectivity index (χ3v) is 7.29. The lowest BCUT2D eigenvalue weighted by molar-refractivity contribution is -0.140. The smallest absolute Gasteiger partial charge is 0.416 e. The number of carbonyl (C=O) groups excluding carboxylic acids is 1. The first-order valence-corrected chi connectivity index (χ1v) is 13.7. The lowest BCUT2D eigenvalue weighted by Crippen LogP contribution is -2.55. The number of aliphatic carboxylic acids is 1. The van der Waals surface area contributed by atoms with Gasteiger partial charge in [0, 0.05) is 43.3 Å². The summed E-state index contributed by atoms with van der Waals surface area (Å²) in [5, 5.41) is 21.5. The quantitative estimate of drug-likeness (QED) is 0.274. The van der Waals surface area contributed by atoms with Crippen molar-refractivity contribution >= 4 is 23.5 Å². The molecule has 13 heteroatoms. The average molecular weight is 600 g/mol. The van der Waals surface area contributed by atoms with Crippen LogP contribution in [0.5, 0.6) is 0 Å². The maximum Gasteiger partial charge on any atom is 0.416 e. The van der Waals surface area contributed by atoms with Crippen LogP contribution in [-0.4, -0.2) is 73.0 Å². The maximum absolute atomic E-state index is 13.4. The molecule has 3 N–H and O–H groups in total. The van der Waals surface area contributed by atoms with Gasteiger partial charge < -0.3 is 15.5 Å². The van der Waals surface area contributed by atoms with E-state index in [0.29, 0.717) is 36.4 Å². The molecule has 2 aromatic heterocycles. The summed E-state index contributed by atoms with van der Waals surface area (Å²) in [6.07, 6.45) is 1.43. The molecule has 1 aliphatic carbocycles. The van der Waals surface area contributed by atoms with Crippen molar-refractivity contribution in [2.45, 2.75) is 57.0 Å². The molecule has 0 spiro atoms. The van der Waals surface area contributed by atoms with Crippen molar-refractivity contribution in [1.29, 1.82) is 0 Å². The van der Waals surface area contributed by atoms with E-state index in [1.165, 1.54) is 0 Å². The Hall–Kier alpha value is -4.36. The van der Waals surface area contributed by atoms with Gasteiger partial charge in [-0.15, -0.1) is 0 Å². The second-order valence-corrected chi connectivity index (χ2v) is 10.4. The molecule has 1 unspecified atom stereocenters. The van der Waals surface area contributed by atoms with Gasteiger partial charge in [-0.2, -0.15) is 13.2 Å². The summed E-state index contributed by atoms with van der Waals surface area (Å²) in [7, 11) is 0. The first-order valence-electron chi connectivity index (χ1n) is 13.7. The van der Waals surface area contributed by atoms with Gasteiger partial charge in [0.1, 0.15) is 0 Å². The molecule has 1 saturated carbocycles. The molecule has 0 bridgehead atoms. The van der Waals surface area contributed by atoms with Crippen molar-refractivity contribution in [2.24, 2.45) is 0 Å². The fraction of sp³-hybridized carbons (Fsp3) is 0.367. The van der Waals surface area contributed by atoms with Crippen LogP contribution in [0.3, 0.4) is 0 Å². The molecule has 2 atom stereocenters. The molecular weight excluding hydrogens is 567 g/mol. The number of nitrogens with zero attached hydrogens (tertiary/aromatic N) is 4. The van der Waals surface area contributed by atoms with E-state index in [2.05, 4.69) is 15.3 Å². The number of halogens is 3. The second kappa shape index (κ2) is 14.2. The number of pyridine rings is 2. The largest absolute Gasteiger partial charge is 0.480 e. The molecule has 4 rings (SSSR count). The van der Waals surface area contributed by atoms with E-state index in [0.717, 1.165) is 18.9 Å². The highest BCUT2D eigenvalue weighted by atomic mass is 19.4. The van der Waals surface area contributed by atoms with E-state index in [1.54, 1.807) is 36.7 Å². The normalized spacial score (nSPS) is 17.1. The predicted molar refractivity (Wildman–Crippen MR) is 150 cm³/mol. The minimum absolute atomic E-state index is 0.225. The van der Waals surface area contributed by atoms with Crippen molar-refractivity contribution < 1.29 is 37.8 Å². The number of carboxylic acid groups (broad SMARTS) is 2. The van der Waals surface area contributed by atoms with Crippen LogP contribution in [0.1, 0.15) is 53.0 Å². The Bertz CT molecular complexity index is 1410. The van der Waals surface area contributed by atoms with Gasteiger partial charge in [0.05, 0.1) is 35.6 Å². The van der Waals surface area contributed by atoms with Gasteiger partial charge >= 0.3 is 18.1 Å². The number of aromatic carboxylic acids is 1. The zero-order valence-electron chi connectivity index (χ0n) is 23.2. The summed E-state index contributed by atoms with van der Waals surface area (Å²) >= 11 is 0. The maximum atomic E-state index is 13.4. The van der Waals surface area contributed by atoms with Gasteiger partial charge in [-0.25, -0.2) is 4.79 Å². The van der Waals surface area contributed by atoms with E-state index in [4.69, 9.17) is 0 Å². The molecule has 1 aliphatic rings. The van der Waals surface area contributed by atoms with Crippen LogP contribution in [0, 0.1) is 0 Å². The summed E-state index contributed by atoms with van der Waals surface area (Å²) in [4.78, 5) is 49.1. The Morgan fingerprint density at radius 2 is 1.40 bits per heavy atom. The third-order valence-electron chi connectivity index (χ3n) is 7.29. The molecule has 43 heavy (non-hydrogen) atoms. The van der Waals surface area contributed by atoms with Crippen LogP contribution in [0.4, 0.5) is 18.9 Å². The molecule has 0 saturated heterocycles. The number of hydrogen-bond acceptors (Lipinski definition) is 7. The number of amides is 1. The lowest BCUT2D eigenvalue weighted by Gasteiger charge is -2.44. The highest BCUT2D eigenvalue weighted by Gasteiger charge is 2.36. The van der Waals surface area contributed by atoms with Crippen molar-refractivity contribution in [1.82, 2.24) is 19.8 Å². The Kier molecular flexibility index (Phi) is 10.4. The van der Waals surface area contributed by atoms with Crippen LogP contribution in [0.15, 0.2) is 67.0 Å². The average Bonchev–Trinajstić information content (AvgIpc) is 2.96. The zero-order valence-corrected chi connectivity index (χ0v) is 23.2. The molecule has 0 radical (unpaired) electrons. The summed E-state index contributed by atoms with van der Waals surface area (Å²) in [6, 6.07) is 12.4. The van der Waals surface area contributed by atoms with Crippen molar-refractivity contribution in [3.63, 3.8) is 0 Å². The molecule has 0 aliphatic heterocycles. The fourth-order valence-corrected chi connectivity index (χ4v) is 5.47. The molecule has 228 valence electrons. The number of rotatable bonds is 12. The molecular formula is C30H32F3N5O5. The Morgan fingerprint density at radius 1 is 0.837 bits per heavy atom. The monoisotopic (exact) mass is 599 g/mol. The Labute approximate surface area is 246 Å². The topological polar surface area (TPSA) is 136 Å². The SMILES string of the molecule is O=C(O)CN(Cc1ccccn1)[C@H]1CCCCC1N(CC(=O)Nc1cc(C(=O)O)cc(C(F)(F)F)c1)Cc1ccccn1.